The predicted molar refractivity (Wildman–Crippen MR) is 147 cm³/mol. The normalized spacial score (nSPS) is 13.2. The molecule has 0 aromatic carbocycles. The summed E-state index contributed by atoms with van der Waals surface area (Å²) in [5, 5.41) is 5.05. The van der Waals surface area contributed by atoms with Crippen LogP contribution in [0.15, 0.2) is 25.3 Å². The number of hydrogen-bond acceptors (Lipinski definition) is 11. The van der Waals surface area contributed by atoms with E-state index in [1.807, 2.05) is 0 Å². The Morgan fingerprint density at radius 3 is 1.50 bits per heavy atom. The first-order chi connectivity index (χ1) is 18.8. The summed E-state index contributed by atoms with van der Waals surface area (Å²) >= 11 is 0. The summed E-state index contributed by atoms with van der Waals surface area (Å²) in [6.07, 6.45) is 3.60. The number of esters is 2. The van der Waals surface area contributed by atoms with Crippen LogP contribution in [0.25, 0.3) is 0 Å². The molecule has 0 bridgehead atoms. The van der Waals surface area contributed by atoms with Crippen molar-refractivity contribution in [2.24, 2.45) is 11.7 Å². The molecule has 0 heterocycles. The van der Waals surface area contributed by atoms with Crippen molar-refractivity contribution in [2.75, 3.05) is 40.6 Å². The van der Waals surface area contributed by atoms with Gasteiger partial charge >= 0.3 is 11.9 Å². The average molecular weight is 572 g/mol. The Morgan fingerprint density at radius 2 is 1.15 bits per heavy atom. The molecule has 0 aliphatic heterocycles. The van der Waals surface area contributed by atoms with Gasteiger partial charge in [0.2, 0.25) is 11.8 Å². The average Bonchev–Trinajstić information content (AvgIpc) is 2.90. The maximum atomic E-state index is 11.9. The number of ketones is 2. The molecule has 228 valence electrons. The fourth-order valence-corrected chi connectivity index (χ4v) is 2.85. The van der Waals surface area contributed by atoms with Crippen molar-refractivity contribution in [2.45, 2.75) is 64.6 Å². The van der Waals surface area contributed by atoms with Crippen LogP contribution in [0.1, 0.15) is 46.5 Å². The number of hydrogen-bond donors (Lipinski definition) is 3. The first-order valence-corrected chi connectivity index (χ1v) is 12.7. The monoisotopic (exact) mass is 571 g/mol. The molecule has 40 heavy (non-hydrogen) atoms. The van der Waals surface area contributed by atoms with Gasteiger partial charge in [0.1, 0.15) is 42.9 Å². The summed E-state index contributed by atoms with van der Waals surface area (Å²) in [7, 11) is 2.91. The third-order valence-corrected chi connectivity index (χ3v) is 5.01. The molecule has 0 aromatic heterocycles. The van der Waals surface area contributed by atoms with Crippen LogP contribution in [0.4, 0.5) is 0 Å². The number of rotatable bonds is 20. The second-order valence-electron chi connectivity index (χ2n) is 8.86. The van der Waals surface area contributed by atoms with Gasteiger partial charge in [-0.1, -0.05) is 32.2 Å². The zero-order valence-corrected chi connectivity index (χ0v) is 24.2. The van der Waals surface area contributed by atoms with Gasteiger partial charge in [-0.15, -0.1) is 0 Å². The number of Topliss-reactive ketones (excluding diaryl/α,β-unsaturated/α-hetero) is 2. The molecular formula is C27H45N3O10. The van der Waals surface area contributed by atoms with Gasteiger partial charge in [0, 0.05) is 27.1 Å². The zero-order chi connectivity index (χ0) is 31.1. The molecule has 0 aliphatic rings. The molecule has 4 atom stereocenters. The Labute approximate surface area is 236 Å². The second-order valence-corrected chi connectivity index (χ2v) is 8.86. The van der Waals surface area contributed by atoms with E-state index in [0.29, 0.717) is 0 Å². The van der Waals surface area contributed by atoms with Crippen LogP contribution >= 0.6 is 0 Å². The summed E-state index contributed by atoms with van der Waals surface area (Å²) in [5.41, 5.74) is 5.56. The van der Waals surface area contributed by atoms with E-state index in [1.165, 1.54) is 40.2 Å². The van der Waals surface area contributed by atoms with Crippen LogP contribution in [-0.4, -0.2) is 94.1 Å². The number of ether oxygens (including phenoxy) is 4. The topological polar surface area (TPSA) is 189 Å². The third kappa shape index (κ3) is 19.6. The smallest absolute Gasteiger partial charge is 0.328 e. The Kier molecular flexibility index (Phi) is 22.7. The van der Waals surface area contributed by atoms with Gasteiger partial charge in [-0.25, -0.2) is 9.59 Å². The van der Waals surface area contributed by atoms with E-state index in [0.717, 1.165) is 0 Å². The van der Waals surface area contributed by atoms with Crippen molar-refractivity contribution in [1.29, 1.82) is 0 Å². The lowest BCUT2D eigenvalue weighted by atomic mass is 10.1. The lowest BCUT2D eigenvalue weighted by molar-refractivity contribution is -0.148. The second kappa shape index (κ2) is 23.5. The molecular weight excluding hydrogens is 526 g/mol. The minimum absolute atomic E-state index is 0.0347. The summed E-state index contributed by atoms with van der Waals surface area (Å²) < 4.78 is 19.4. The third-order valence-electron chi connectivity index (χ3n) is 5.01. The van der Waals surface area contributed by atoms with E-state index in [9.17, 15) is 28.8 Å². The minimum atomic E-state index is -0.908. The molecule has 0 rings (SSSR count). The number of carbonyl (C=O) groups excluding carboxylic acids is 6. The molecule has 0 saturated heterocycles. The summed E-state index contributed by atoms with van der Waals surface area (Å²) in [4.78, 5) is 69.2. The van der Waals surface area contributed by atoms with Gasteiger partial charge < -0.3 is 44.9 Å². The molecule has 0 radical (unpaired) electrons. The van der Waals surface area contributed by atoms with Crippen molar-refractivity contribution in [3.8, 4) is 0 Å². The molecule has 4 N–H and O–H groups in total. The van der Waals surface area contributed by atoms with Crippen LogP contribution < -0.4 is 16.4 Å². The largest absolute Gasteiger partial charge is 0.460 e. The minimum Gasteiger partial charge on any atom is -0.460 e. The molecule has 13 heteroatoms. The predicted octanol–water partition coefficient (Wildman–Crippen LogP) is 0.395. The SMILES string of the molecule is C=CCOC(=O)C(CCC(C)=O)NC(=O)C(C)COC.C=CCOC(=O)C(CCC(C)=O)NC(=O)C(N)COC. The lowest BCUT2D eigenvalue weighted by Gasteiger charge is -2.19. The van der Waals surface area contributed by atoms with E-state index in [2.05, 4.69) is 23.8 Å². The van der Waals surface area contributed by atoms with Crippen LogP contribution in [0.2, 0.25) is 0 Å². The highest BCUT2D eigenvalue weighted by molar-refractivity contribution is 5.88. The van der Waals surface area contributed by atoms with Crippen LogP contribution in [0.3, 0.4) is 0 Å². The first kappa shape index (κ1) is 38.7. The molecule has 2 amide bonds. The molecule has 13 nitrogen and oxygen atoms in total. The quantitative estimate of drug-likeness (QED) is 0.135. The standard InChI is InChI=1S/C14H23NO5.C13H22N2O5/c1-5-8-20-14(18)12(7-6-11(3)16)15-13(17)10(2)9-19-4;1-4-7-20-13(18)11(6-5-9(2)16)15-12(17)10(14)8-19-3/h5,10,12H,1,6-9H2,2-4H3,(H,15,17);4,10-11H,1,5-8,14H2,2-3H3,(H,15,17). The van der Waals surface area contributed by atoms with Gasteiger partial charge in [-0.2, -0.15) is 0 Å². The number of nitrogens with one attached hydrogen (secondary N) is 2. The van der Waals surface area contributed by atoms with E-state index in [1.54, 1.807) is 6.92 Å². The highest BCUT2D eigenvalue weighted by atomic mass is 16.5. The van der Waals surface area contributed by atoms with Gasteiger partial charge in [-0.05, 0) is 26.7 Å². The van der Waals surface area contributed by atoms with Crippen LogP contribution in [0.5, 0.6) is 0 Å². The fraction of sp³-hybridized carbons (Fsp3) is 0.630. The van der Waals surface area contributed by atoms with Gasteiger partial charge in [-0.3, -0.25) is 9.59 Å². The maximum absolute atomic E-state index is 11.9. The highest BCUT2D eigenvalue weighted by Gasteiger charge is 2.26. The number of amides is 2. The fourth-order valence-electron chi connectivity index (χ4n) is 2.85. The molecule has 0 aliphatic carbocycles. The number of nitrogens with two attached hydrogens (primary N) is 1. The summed E-state index contributed by atoms with van der Waals surface area (Å²) in [6.45, 7) is 11.8. The summed E-state index contributed by atoms with van der Waals surface area (Å²) in [6, 6.07) is -2.62. The Balaban J connectivity index is 0. The summed E-state index contributed by atoms with van der Waals surface area (Å²) in [5.74, 6) is -2.54. The molecule has 0 spiro atoms. The van der Waals surface area contributed by atoms with Gasteiger partial charge in [0.25, 0.3) is 0 Å². The van der Waals surface area contributed by atoms with Crippen molar-refractivity contribution in [1.82, 2.24) is 10.6 Å². The maximum Gasteiger partial charge on any atom is 0.328 e. The molecule has 0 fully saturated rings. The van der Waals surface area contributed by atoms with Crippen molar-refractivity contribution in [3.05, 3.63) is 25.3 Å². The van der Waals surface area contributed by atoms with E-state index in [-0.39, 0.29) is 75.5 Å². The molecule has 4 unspecified atom stereocenters. The molecule has 0 aromatic rings. The van der Waals surface area contributed by atoms with E-state index >= 15 is 0 Å². The lowest BCUT2D eigenvalue weighted by Crippen LogP contribution is -2.50. The first-order valence-electron chi connectivity index (χ1n) is 12.7. The Morgan fingerprint density at radius 1 is 0.750 bits per heavy atom. The number of carbonyl (C=O) groups is 6. The van der Waals surface area contributed by atoms with Crippen molar-refractivity contribution in [3.63, 3.8) is 0 Å². The van der Waals surface area contributed by atoms with Crippen molar-refractivity contribution < 1.29 is 47.7 Å². The van der Waals surface area contributed by atoms with E-state index in [4.69, 9.17) is 24.7 Å². The van der Waals surface area contributed by atoms with Crippen LogP contribution in [0, 0.1) is 5.92 Å². The Hall–Kier alpha value is -3.42. The number of methoxy groups -OCH3 is 2. The van der Waals surface area contributed by atoms with Gasteiger partial charge in [0.15, 0.2) is 0 Å². The highest BCUT2D eigenvalue weighted by Crippen LogP contribution is 2.05. The molecule has 0 saturated carbocycles. The van der Waals surface area contributed by atoms with Gasteiger partial charge in [0.05, 0.1) is 19.1 Å². The van der Waals surface area contributed by atoms with E-state index < -0.39 is 36.0 Å². The zero-order valence-electron chi connectivity index (χ0n) is 24.2. The van der Waals surface area contributed by atoms with Crippen molar-refractivity contribution >= 4 is 35.3 Å². The Bertz CT molecular complexity index is 778. The van der Waals surface area contributed by atoms with Crippen LogP contribution in [-0.2, 0) is 47.7 Å².